The van der Waals surface area contributed by atoms with Gasteiger partial charge >= 0.3 is 0 Å². The molecule has 0 bridgehead atoms. The number of hydrogen-bond donors (Lipinski definition) is 1. The molecular weight excluding hydrogens is 254 g/mol. The maximum atomic E-state index is 12.0. The van der Waals surface area contributed by atoms with E-state index in [9.17, 15) is 4.79 Å². The summed E-state index contributed by atoms with van der Waals surface area (Å²) in [6.45, 7) is 0.385. The lowest BCUT2D eigenvalue weighted by atomic mass is 10.1. The van der Waals surface area contributed by atoms with Crippen LogP contribution in [-0.2, 0) is 6.54 Å². The number of hydrogen-bond acceptors (Lipinski definition) is 4. The molecule has 0 aliphatic carbocycles. The SMILES string of the molecule is COc1cnccc1C(=O)NCc1ccc(C#N)cc1. The number of nitrogens with zero attached hydrogens (tertiary/aromatic N) is 2. The van der Waals surface area contributed by atoms with Crippen LogP contribution in [0.15, 0.2) is 42.7 Å². The van der Waals surface area contributed by atoms with Gasteiger partial charge < -0.3 is 10.1 Å². The fourth-order valence-electron chi connectivity index (χ4n) is 1.70. The van der Waals surface area contributed by atoms with E-state index in [1.807, 2.05) is 18.2 Å². The standard InChI is InChI=1S/C15H13N3O2/c1-20-14-10-17-7-6-13(14)15(19)18-9-12-4-2-11(8-16)3-5-12/h2-7,10H,9H2,1H3,(H,18,19). The number of nitrogens with one attached hydrogen (secondary N) is 1. The summed E-state index contributed by atoms with van der Waals surface area (Å²) in [5.74, 6) is 0.207. The Balaban J connectivity index is 2.03. The van der Waals surface area contributed by atoms with E-state index < -0.39 is 0 Å². The van der Waals surface area contributed by atoms with Crippen LogP contribution in [0, 0.1) is 11.3 Å². The quantitative estimate of drug-likeness (QED) is 0.917. The lowest BCUT2D eigenvalue weighted by molar-refractivity contribution is 0.0947. The van der Waals surface area contributed by atoms with Gasteiger partial charge in [0.1, 0.15) is 5.75 Å². The number of rotatable bonds is 4. The van der Waals surface area contributed by atoms with E-state index in [0.29, 0.717) is 23.4 Å². The van der Waals surface area contributed by atoms with E-state index in [1.165, 1.54) is 13.3 Å². The first-order valence-electron chi connectivity index (χ1n) is 6.00. The Morgan fingerprint density at radius 1 is 1.35 bits per heavy atom. The van der Waals surface area contributed by atoms with Crippen molar-refractivity contribution in [1.29, 1.82) is 5.26 Å². The molecule has 0 aliphatic heterocycles. The van der Waals surface area contributed by atoms with Crippen LogP contribution in [0.5, 0.6) is 5.75 Å². The largest absolute Gasteiger partial charge is 0.494 e. The predicted molar refractivity (Wildman–Crippen MR) is 73.1 cm³/mol. The first-order valence-corrected chi connectivity index (χ1v) is 6.00. The Labute approximate surface area is 116 Å². The Kier molecular flexibility index (Phi) is 4.30. The Morgan fingerprint density at radius 3 is 2.75 bits per heavy atom. The van der Waals surface area contributed by atoms with E-state index in [-0.39, 0.29) is 5.91 Å². The van der Waals surface area contributed by atoms with Crippen molar-refractivity contribution in [3.8, 4) is 11.8 Å². The van der Waals surface area contributed by atoms with Gasteiger partial charge in [-0.2, -0.15) is 5.26 Å². The fourth-order valence-corrected chi connectivity index (χ4v) is 1.70. The molecular formula is C15H13N3O2. The maximum Gasteiger partial charge on any atom is 0.255 e. The summed E-state index contributed by atoms with van der Waals surface area (Å²) in [4.78, 5) is 15.9. The lowest BCUT2D eigenvalue weighted by Gasteiger charge is -2.08. The van der Waals surface area contributed by atoms with Crippen LogP contribution in [0.2, 0.25) is 0 Å². The van der Waals surface area contributed by atoms with Gasteiger partial charge in [-0.25, -0.2) is 0 Å². The monoisotopic (exact) mass is 267 g/mol. The maximum absolute atomic E-state index is 12.0. The molecule has 0 atom stereocenters. The highest BCUT2D eigenvalue weighted by Crippen LogP contribution is 2.15. The van der Waals surface area contributed by atoms with Gasteiger partial charge in [0.05, 0.1) is 30.5 Å². The topological polar surface area (TPSA) is 75.0 Å². The molecule has 5 nitrogen and oxygen atoms in total. The molecule has 1 heterocycles. The van der Waals surface area contributed by atoms with Crippen LogP contribution in [-0.4, -0.2) is 18.0 Å². The molecule has 100 valence electrons. The van der Waals surface area contributed by atoms with Crippen molar-refractivity contribution in [1.82, 2.24) is 10.3 Å². The molecule has 1 amide bonds. The van der Waals surface area contributed by atoms with E-state index in [1.54, 1.807) is 24.4 Å². The zero-order chi connectivity index (χ0) is 14.4. The summed E-state index contributed by atoms with van der Waals surface area (Å²) in [5.41, 5.74) is 1.96. The Hall–Kier alpha value is -2.87. The van der Waals surface area contributed by atoms with Crippen molar-refractivity contribution in [2.45, 2.75) is 6.54 Å². The molecule has 1 N–H and O–H groups in total. The molecule has 0 saturated heterocycles. The molecule has 0 fully saturated rings. The number of nitriles is 1. The number of carbonyl (C=O) groups excluding carboxylic acids is 1. The van der Waals surface area contributed by atoms with Crippen LogP contribution in [0.4, 0.5) is 0 Å². The average molecular weight is 267 g/mol. The van der Waals surface area contributed by atoms with Gasteiger partial charge in [0.25, 0.3) is 5.91 Å². The van der Waals surface area contributed by atoms with Gasteiger partial charge in [-0.05, 0) is 23.8 Å². The van der Waals surface area contributed by atoms with E-state index >= 15 is 0 Å². The summed E-state index contributed by atoms with van der Waals surface area (Å²) in [7, 11) is 1.49. The zero-order valence-electron chi connectivity index (χ0n) is 11.0. The van der Waals surface area contributed by atoms with E-state index in [2.05, 4.69) is 10.3 Å². The summed E-state index contributed by atoms with van der Waals surface area (Å²) in [6, 6.07) is 10.7. The van der Waals surface area contributed by atoms with Crippen LogP contribution >= 0.6 is 0 Å². The van der Waals surface area contributed by atoms with Crippen LogP contribution < -0.4 is 10.1 Å². The van der Waals surface area contributed by atoms with Gasteiger partial charge in [0.15, 0.2) is 0 Å². The van der Waals surface area contributed by atoms with Gasteiger partial charge in [-0.1, -0.05) is 12.1 Å². The van der Waals surface area contributed by atoms with Gasteiger partial charge in [0.2, 0.25) is 0 Å². The van der Waals surface area contributed by atoms with Crippen molar-refractivity contribution in [2.75, 3.05) is 7.11 Å². The average Bonchev–Trinajstić information content (AvgIpc) is 2.53. The van der Waals surface area contributed by atoms with Crippen molar-refractivity contribution < 1.29 is 9.53 Å². The molecule has 5 heteroatoms. The number of methoxy groups -OCH3 is 1. The number of aromatic nitrogens is 1. The molecule has 0 saturated carbocycles. The number of carbonyl (C=O) groups is 1. The smallest absolute Gasteiger partial charge is 0.255 e. The normalized spacial score (nSPS) is 9.60. The van der Waals surface area contributed by atoms with Gasteiger partial charge in [-0.15, -0.1) is 0 Å². The van der Waals surface area contributed by atoms with Crippen molar-refractivity contribution in [3.63, 3.8) is 0 Å². The minimum atomic E-state index is -0.228. The second-order valence-corrected chi connectivity index (χ2v) is 4.07. The first kappa shape index (κ1) is 13.6. The second kappa shape index (κ2) is 6.34. The van der Waals surface area contributed by atoms with Crippen molar-refractivity contribution in [2.24, 2.45) is 0 Å². The molecule has 2 rings (SSSR count). The summed E-state index contributed by atoms with van der Waals surface area (Å²) >= 11 is 0. The van der Waals surface area contributed by atoms with Crippen LogP contribution in [0.3, 0.4) is 0 Å². The third-order valence-electron chi connectivity index (χ3n) is 2.79. The van der Waals surface area contributed by atoms with Gasteiger partial charge in [-0.3, -0.25) is 9.78 Å². The minimum Gasteiger partial charge on any atom is -0.494 e. The van der Waals surface area contributed by atoms with E-state index in [4.69, 9.17) is 10.00 Å². The molecule has 20 heavy (non-hydrogen) atoms. The van der Waals surface area contributed by atoms with Crippen LogP contribution in [0.1, 0.15) is 21.5 Å². The highest BCUT2D eigenvalue weighted by molar-refractivity contribution is 5.96. The highest BCUT2D eigenvalue weighted by Gasteiger charge is 2.11. The second-order valence-electron chi connectivity index (χ2n) is 4.07. The van der Waals surface area contributed by atoms with Crippen molar-refractivity contribution in [3.05, 3.63) is 59.4 Å². The number of amides is 1. The zero-order valence-corrected chi connectivity index (χ0v) is 11.0. The molecule has 0 aliphatic rings. The molecule has 1 aromatic carbocycles. The molecule has 1 aromatic heterocycles. The number of benzene rings is 1. The van der Waals surface area contributed by atoms with Crippen molar-refractivity contribution >= 4 is 5.91 Å². The summed E-state index contributed by atoms with van der Waals surface area (Å²) in [6.07, 6.45) is 3.04. The highest BCUT2D eigenvalue weighted by atomic mass is 16.5. The Morgan fingerprint density at radius 2 is 2.10 bits per heavy atom. The third kappa shape index (κ3) is 3.12. The fraction of sp³-hybridized carbons (Fsp3) is 0.133. The first-order chi connectivity index (χ1) is 9.74. The lowest BCUT2D eigenvalue weighted by Crippen LogP contribution is -2.23. The Bertz CT molecular complexity index is 645. The van der Waals surface area contributed by atoms with Crippen LogP contribution in [0.25, 0.3) is 0 Å². The molecule has 2 aromatic rings. The van der Waals surface area contributed by atoms with E-state index in [0.717, 1.165) is 5.56 Å². The van der Waals surface area contributed by atoms with Gasteiger partial charge in [0, 0.05) is 12.7 Å². The minimum absolute atomic E-state index is 0.228. The number of ether oxygens (including phenoxy) is 1. The molecule has 0 spiro atoms. The predicted octanol–water partition coefficient (Wildman–Crippen LogP) is 1.89. The summed E-state index contributed by atoms with van der Waals surface area (Å²) in [5, 5.41) is 11.5. The third-order valence-corrected chi connectivity index (χ3v) is 2.79. The number of pyridine rings is 1. The molecule has 0 radical (unpaired) electrons. The molecule has 0 unspecified atom stereocenters. The summed E-state index contributed by atoms with van der Waals surface area (Å²) < 4.78 is 5.09.